The molecule has 0 atom stereocenters. The van der Waals surface area contributed by atoms with Gasteiger partial charge in [0.25, 0.3) is 5.91 Å². The SMILES string of the molecule is O=C(COc1ccc(-c2ccccc2)cc1Cl)Nc1ccc2c(c1)OCCCO2. The fourth-order valence-corrected chi connectivity index (χ4v) is 3.24. The molecule has 0 fully saturated rings. The normalized spacial score (nSPS) is 12.7. The second kappa shape index (κ2) is 8.88. The number of carbonyl (C=O) groups is 1. The maximum absolute atomic E-state index is 12.3. The van der Waals surface area contributed by atoms with Gasteiger partial charge in [-0.2, -0.15) is 0 Å². The number of rotatable bonds is 5. The first-order valence-corrected chi connectivity index (χ1v) is 9.74. The summed E-state index contributed by atoms with van der Waals surface area (Å²) < 4.78 is 16.8. The molecule has 0 unspecified atom stereocenters. The highest BCUT2D eigenvalue weighted by Gasteiger charge is 2.13. The number of hydrogen-bond acceptors (Lipinski definition) is 4. The van der Waals surface area contributed by atoms with E-state index >= 15 is 0 Å². The number of hydrogen-bond donors (Lipinski definition) is 1. The largest absolute Gasteiger partial charge is 0.490 e. The molecule has 3 aromatic rings. The van der Waals surface area contributed by atoms with Crippen molar-refractivity contribution >= 4 is 23.2 Å². The molecule has 5 nitrogen and oxygen atoms in total. The van der Waals surface area contributed by atoms with Crippen molar-refractivity contribution in [2.45, 2.75) is 6.42 Å². The Hall–Kier alpha value is -3.18. The van der Waals surface area contributed by atoms with Crippen LogP contribution in [0.5, 0.6) is 17.2 Å². The van der Waals surface area contributed by atoms with Crippen LogP contribution in [0.3, 0.4) is 0 Å². The molecule has 4 rings (SSSR count). The van der Waals surface area contributed by atoms with Crippen molar-refractivity contribution in [2.24, 2.45) is 0 Å². The van der Waals surface area contributed by atoms with Crippen LogP contribution in [-0.2, 0) is 4.79 Å². The molecule has 0 bridgehead atoms. The van der Waals surface area contributed by atoms with Gasteiger partial charge in [-0.15, -0.1) is 0 Å². The highest BCUT2D eigenvalue weighted by Crippen LogP contribution is 2.33. The molecule has 6 heteroatoms. The zero-order valence-electron chi connectivity index (χ0n) is 15.7. The second-order valence-corrected chi connectivity index (χ2v) is 6.97. The summed E-state index contributed by atoms with van der Waals surface area (Å²) in [5.41, 5.74) is 2.67. The fraction of sp³-hybridized carbons (Fsp3) is 0.174. The maximum atomic E-state index is 12.3. The molecule has 1 N–H and O–H groups in total. The van der Waals surface area contributed by atoms with E-state index in [1.807, 2.05) is 42.5 Å². The molecular formula is C23H20ClNO4. The van der Waals surface area contributed by atoms with Gasteiger partial charge in [0.05, 0.1) is 18.2 Å². The van der Waals surface area contributed by atoms with Crippen LogP contribution in [-0.4, -0.2) is 25.7 Å². The Morgan fingerprint density at radius 3 is 2.52 bits per heavy atom. The quantitative estimate of drug-likeness (QED) is 0.630. The lowest BCUT2D eigenvalue weighted by molar-refractivity contribution is -0.118. The Morgan fingerprint density at radius 1 is 0.931 bits per heavy atom. The topological polar surface area (TPSA) is 56.8 Å². The third kappa shape index (κ3) is 4.81. The number of carbonyl (C=O) groups excluding carboxylic acids is 1. The molecule has 1 aliphatic rings. The zero-order valence-corrected chi connectivity index (χ0v) is 16.4. The van der Waals surface area contributed by atoms with E-state index in [4.69, 9.17) is 25.8 Å². The van der Waals surface area contributed by atoms with Gasteiger partial charge in [-0.25, -0.2) is 0 Å². The first-order valence-electron chi connectivity index (χ1n) is 9.36. The number of anilines is 1. The van der Waals surface area contributed by atoms with E-state index in [0.717, 1.165) is 17.5 Å². The van der Waals surface area contributed by atoms with Crippen LogP contribution in [0, 0.1) is 0 Å². The van der Waals surface area contributed by atoms with Crippen molar-refractivity contribution in [3.63, 3.8) is 0 Å². The van der Waals surface area contributed by atoms with Gasteiger partial charge in [-0.1, -0.05) is 48.0 Å². The van der Waals surface area contributed by atoms with E-state index < -0.39 is 0 Å². The molecule has 0 spiro atoms. The molecule has 29 heavy (non-hydrogen) atoms. The van der Waals surface area contributed by atoms with Crippen molar-refractivity contribution in [1.29, 1.82) is 0 Å². The molecule has 1 aliphatic heterocycles. The number of amides is 1. The Bertz CT molecular complexity index is 1010. The second-order valence-electron chi connectivity index (χ2n) is 6.56. The Kier molecular flexibility index (Phi) is 5.86. The lowest BCUT2D eigenvalue weighted by Crippen LogP contribution is -2.20. The number of fused-ring (bicyclic) bond motifs is 1. The molecule has 0 aromatic heterocycles. The smallest absolute Gasteiger partial charge is 0.262 e. The Morgan fingerprint density at radius 2 is 1.72 bits per heavy atom. The van der Waals surface area contributed by atoms with Crippen LogP contribution in [0.15, 0.2) is 66.7 Å². The minimum atomic E-state index is -0.289. The first-order chi connectivity index (χ1) is 14.2. The van der Waals surface area contributed by atoms with E-state index in [9.17, 15) is 4.79 Å². The standard InChI is InChI=1S/C23H20ClNO4/c24-19-13-17(16-5-2-1-3-6-16)7-9-20(19)29-15-23(26)25-18-8-10-21-22(14-18)28-12-4-11-27-21/h1-3,5-10,13-14H,4,11-12,15H2,(H,25,26). The van der Waals surface area contributed by atoms with Crippen molar-refractivity contribution in [3.05, 3.63) is 71.8 Å². The number of halogens is 1. The fourth-order valence-electron chi connectivity index (χ4n) is 3.01. The molecular weight excluding hydrogens is 390 g/mol. The van der Waals surface area contributed by atoms with E-state index in [0.29, 0.717) is 41.2 Å². The molecule has 0 saturated heterocycles. The average Bonchev–Trinajstić information content (AvgIpc) is 2.98. The van der Waals surface area contributed by atoms with E-state index in [-0.39, 0.29) is 12.5 Å². The van der Waals surface area contributed by atoms with E-state index in [1.54, 1.807) is 24.3 Å². The van der Waals surface area contributed by atoms with Crippen LogP contribution in [0.2, 0.25) is 5.02 Å². The molecule has 148 valence electrons. The zero-order chi connectivity index (χ0) is 20.1. The summed E-state index contributed by atoms with van der Waals surface area (Å²) in [7, 11) is 0. The van der Waals surface area contributed by atoms with E-state index in [1.165, 1.54) is 0 Å². The first kappa shape index (κ1) is 19.2. The highest BCUT2D eigenvalue weighted by molar-refractivity contribution is 6.32. The van der Waals surface area contributed by atoms with Gasteiger partial charge in [-0.05, 0) is 35.4 Å². The molecule has 1 heterocycles. The minimum Gasteiger partial charge on any atom is -0.490 e. The summed E-state index contributed by atoms with van der Waals surface area (Å²) in [5, 5.41) is 3.25. The monoisotopic (exact) mass is 409 g/mol. The number of benzene rings is 3. The predicted molar refractivity (Wildman–Crippen MR) is 113 cm³/mol. The lowest BCUT2D eigenvalue weighted by Gasteiger charge is -2.12. The van der Waals surface area contributed by atoms with Crippen molar-refractivity contribution in [1.82, 2.24) is 0 Å². The van der Waals surface area contributed by atoms with Crippen molar-refractivity contribution in [3.8, 4) is 28.4 Å². The predicted octanol–water partition coefficient (Wildman–Crippen LogP) is 5.19. The van der Waals surface area contributed by atoms with Crippen LogP contribution < -0.4 is 19.5 Å². The van der Waals surface area contributed by atoms with Gasteiger partial charge in [0.2, 0.25) is 0 Å². The Balaban J connectivity index is 1.37. The Labute approximate surface area is 174 Å². The molecule has 0 saturated carbocycles. The lowest BCUT2D eigenvalue weighted by atomic mass is 10.1. The highest BCUT2D eigenvalue weighted by atomic mass is 35.5. The van der Waals surface area contributed by atoms with Crippen molar-refractivity contribution < 1.29 is 19.0 Å². The number of ether oxygens (including phenoxy) is 3. The van der Waals surface area contributed by atoms with Crippen LogP contribution in [0.25, 0.3) is 11.1 Å². The molecule has 3 aromatic carbocycles. The third-order valence-corrected chi connectivity index (χ3v) is 4.72. The molecule has 1 amide bonds. The minimum absolute atomic E-state index is 0.154. The van der Waals surface area contributed by atoms with Crippen LogP contribution in [0.4, 0.5) is 5.69 Å². The summed E-state index contributed by atoms with van der Waals surface area (Å²) in [6.45, 7) is 1.06. The van der Waals surface area contributed by atoms with Crippen LogP contribution in [0.1, 0.15) is 6.42 Å². The summed E-state index contributed by atoms with van der Waals surface area (Å²) in [4.78, 5) is 12.3. The van der Waals surface area contributed by atoms with Crippen LogP contribution >= 0.6 is 11.6 Å². The van der Waals surface area contributed by atoms with Gasteiger partial charge < -0.3 is 19.5 Å². The van der Waals surface area contributed by atoms with E-state index in [2.05, 4.69) is 5.32 Å². The summed E-state index contributed by atoms with van der Waals surface area (Å²) in [6, 6.07) is 20.7. The van der Waals surface area contributed by atoms with Gasteiger partial charge in [-0.3, -0.25) is 4.79 Å². The molecule has 0 radical (unpaired) electrons. The number of nitrogens with one attached hydrogen (secondary N) is 1. The van der Waals surface area contributed by atoms with Gasteiger partial charge in [0.1, 0.15) is 5.75 Å². The third-order valence-electron chi connectivity index (χ3n) is 4.43. The summed E-state index contributed by atoms with van der Waals surface area (Å²) >= 11 is 6.33. The van der Waals surface area contributed by atoms with Gasteiger partial charge >= 0.3 is 0 Å². The summed E-state index contributed by atoms with van der Waals surface area (Å²) in [5.74, 6) is 1.48. The van der Waals surface area contributed by atoms with Gasteiger partial charge in [0, 0.05) is 18.2 Å². The summed E-state index contributed by atoms with van der Waals surface area (Å²) in [6.07, 6.45) is 0.827. The van der Waals surface area contributed by atoms with Gasteiger partial charge in [0.15, 0.2) is 18.1 Å². The molecule has 0 aliphatic carbocycles. The van der Waals surface area contributed by atoms with Crippen molar-refractivity contribution in [2.75, 3.05) is 25.1 Å². The average molecular weight is 410 g/mol. The maximum Gasteiger partial charge on any atom is 0.262 e.